The average Bonchev–Trinajstić information content (AvgIpc) is 2.70. The van der Waals surface area contributed by atoms with E-state index in [1.807, 2.05) is 49.4 Å². The van der Waals surface area contributed by atoms with Gasteiger partial charge in [-0.3, -0.25) is 4.79 Å². The zero-order valence-corrected chi connectivity index (χ0v) is 16.2. The molecular weight excluding hydrogens is 334 g/mol. The monoisotopic (exact) mass is 361 g/mol. The summed E-state index contributed by atoms with van der Waals surface area (Å²) in [6.07, 6.45) is 0.925. The molecule has 3 rings (SSSR count). The first kappa shape index (κ1) is 19.0. The molecule has 3 aromatic carbocycles. The van der Waals surface area contributed by atoms with Gasteiger partial charge < -0.3 is 10.1 Å². The van der Waals surface area contributed by atoms with E-state index in [-0.39, 0.29) is 11.9 Å². The third-order valence-corrected chi connectivity index (χ3v) is 4.89. The summed E-state index contributed by atoms with van der Waals surface area (Å²) in [4.78, 5) is 12.9. The second-order valence-corrected chi connectivity index (χ2v) is 6.87. The Labute approximate surface area is 161 Å². The number of rotatable bonds is 7. The predicted octanol–water partition coefficient (Wildman–Crippen LogP) is 5.57. The number of nitrogens with one attached hydrogen (secondary N) is 1. The molecule has 1 amide bonds. The molecule has 0 bridgehead atoms. The van der Waals surface area contributed by atoms with E-state index in [1.54, 1.807) is 0 Å². The van der Waals surface area contributed by atoms with Crippen LogP contribution in [-0.4, -0.2) is 12.0 Å². The lowest BCUT2D eigenvalue weighted by Gasteiger charge is -2.23. The van der Waals surface area contributed by atoms with E-state index >= 15 is 0 Å². The van der Waals surface area contributed by atoms with Crippen LogP contribution in [-0.2, 0) is 4.79 Å². The van der Waals surface area contributed by atoms with Crippen LogP contribution in [0.4, 0.5) is 0 Å². The van der Waals surface area contributed by atoms with Gasteiger partial charge in [-0.25, -0.2) is 0 Å². The lowest BCUT2D eigenvalue weighted by Crippen LogP contribution is -2.40. The molecule has 27 heavy (non-hydrogen) atoms. The Hall–Kier alpha value is -2.81. The number of hydrogen-bond donors (Lipinski definition) is 1. The van der Waals surface area contributed by atoms with Crippen molar-refractivity contribution in [1.29, 1.82) is 0 Å². The molecule has 0 spiro atoms. The third kappa shape index (κ3) is 4.48. The first-order valence-corrected chi connectivity index (χ1v) is 9.63. The first-order valence-electron chi connectivity index (χ1n) is 9.63. The normalized spacial score (nSPS) is 13.1. The van der Waals surface area contributed by atoms with Crippen molar-refractivity contribution in [1.82, 2.24) is 5.32 Å². The van der Waals surface area contributed by atoms with E-state index in [1.165, 1.54) is 5.56 Å². The van der Waals surface area contributed by atoms with Crippen molar-refractivity contribution in [2.24, 2.45) is 0 Å². The minimum Gasteiger partial charge on any atom is -0.480 e. The standard InChI is InChI=1S/C24H27NO2/c1-4-21(19-15-13-17(3)14-16-19)25-24(26)22(5-2)27-23-12-8-10-18-9-6-7-11-20(18)23/h6-16,21-22H,4-5H2,1-3H3,(H,25,26)/t21-,22-/m1/s1. The van der Waals surface area contributed by atoms with Crippen LogP contribution in [0.1, 0.15) is 43.9 Å². The molecule has 140 valence electrons. The highest BCUT2D eigenvalue weighted by molar-refractivity contribution is 5.89. The van der Waals surface area contributed by atoms with Crippen LogP contribution in [0.2, 0.25) is 0 Å². The lowest BCUT2D eigenvalue weighted by molar-refractivity contribution is -0.128. The molecule has 3 heteroatoms. The van der Waals surface area contributed by atoms with Gasteiger partial charge in [0.1, 0.15) is 5.75 Å². The number of amides is 1. The summed E-state index contributed by atoms with van der Waals surface area (Å²) in [5, 5.41) is 5.29. The SMILES string of the molecule is CC[C@@H](Oc1cccc2ccccc12)C(=O)N[C@H](CC)c1ccc(C)cc1. The molecule has 2 atom stereocenters. The highest BCUT2D eigenvalue weighted by Crippen LogP contribution is 2.27. The second-order valence-electron chi connectivity index (χ2n) is 6.87. The fourth-order valence-corrected chi connectivity index (χ4v) is 3.26. The molecule has 0 unspecified atom stereocenters. The van der Waals surface area contributed by atoms with E-state index in [9.17, 15) is 4.79 Å². The molecule has 0 saturated carbocycles. The molecule has 3 aromatic rings. The summed E-state index contributed by atoms with van der Waals surface area (Å²) in [5.74, 6) is 0.677. The van der Waals surface area contributed by atoms with Gasteiger partial charge in [-0.2, -0.15) is 0 Å². The Balaban J connectivity index is 1.76. The van der Waals surface area contributed by atoms with Crippen molar-refractivity contribution in [3.8, 4) is 5.75 Å². The molecule has 0 radical (unpaired) electrons. The number of aryl methyl sites for hydroxylation is 1. The fraction of sp³-hybridized carbons (Fsp3) is 0.292. The smallest absolute Gasteiger partial charge is 0.261 e. The Morgan fingerprint density at radius 1 is 0.926 bits per heavy atom. The van der Waals surface area contributed by atoms with Gasteiger partial charge >= 0.3 is 0 Å². The third-order valence-electron chi connectivity index (χ3n) is 4.89. The van der Waals surface area contributed by atoms with Gasteiger partial charge in [0, 0.05) is 5.39 Å². The number of carbonyl (C=O) groups excluding carboxylic acids is 1. The Morgan fingerprint density at radius 3 is 2.33 bits per heavy atom. The van der Waals surface area contributed by atoms with Crippen LogP contribution in [0.3, 0.4) is 0 Å². The summed E-state index contributed by atoms with van der Waals surface area (Å²) in [7, 11) is 0. The molecule has 0 aliphatic carbocycles. The van der Waals surface area contributed by atoms with Crippen molar-refractivity contribution < 1.29 is 9.53 Å². The highest BCUT2D eigenvalue weighted by Gasteiger charge is 2.22. The quantitative estimate of drug-likeness (QED) is 0.597. The first-order chi connectivity index (χ1) is 13.1. The maximum atomic E-state index is 12.9. The van der Waals surface area contributed by atoms with E-state index < -0.39 is 6.10 Å². The maximum Gasteiger partial charge on any atom is 0.261 e. The van der Waals surface area contributed by atoms with Gasteiger partial charge in [0.15, 0.2) is 6.10 Å². The number of hydrogen-bond acceptors (Lipinski definition) is 2. The highest BCUT2D eigenvalue weighted by atomic mass is 16.5. The van der Waals surface area contributed by atoms with Crippen LogP contribution in [0.15, 0.2) is 66.7 Å². The van der Waals surface area contributed by atoms with E-state index in [2.05, 4.69) is 43.4 Å². The molecular formula is C24H27NO2. The van der Waals surface area contributed by atoms with E-state index in [0.29, 0.717) is 6.42 Å². The number of ether oxygens (including phenoxy) is 1. The molecule has 1 N–H and O–H groups in total. The molecule has 0 aliphatic heterocycles. The van der Waals surface area contributed by atoms with Crippen LogP contribution in [0.25, 0.3) is 10.8 Å². The fourth-order valence-electron chi connectivity index (χ4n) is 3.26. The topological polar surface area (TPSA) is 38.3 Å². The van der Waals surface area contributed by atoms with Crippen LogP contribution in [0.5, 0.6) is 5.75 Å². The number of benzene rings is 3. The number of carbonyl (C=O) groups is 1. The molecule has 0 fully saturated rings. The van der Waals surface area contributed by atoms with Crippen molar-refractivity contribution in [3.63, 3.8) is 0 Å². The summed E-state index contributed by atoms with van der Waals surface area (Å²) >= 11 is 0. The van der Waals surface area contributed by atoms with Crippen molar-refractivity contribution in [3.05, 3.63) is 77.9 Å². The summed E-state index contributed by atoms with van der Waals surface area (Å²) in [6.45, 7) is 6.12. The van der Waals surface area contributed by atoms with Gasteiger partial charge in [-0.05, 0) is 36.8 Å². The molecule has 0 aromatic heterocycles. The van der Waals surface area contributed by atoms with E-state index in [0.717, 1.165) is 28.5 Å². The van der Waals surface area contributed by atoms with Crippen molar-refractivity contribution in [2.75, 3.05) is 0 Å². The van der Waals surface area contributed by atoms with Crippen LogP contribution >= 0.6 is 0 Å². The van der Waals surface area contributed by atoms with Gasteiger partial charge in [0.25, 0.3) is 5.91 Å². The average molecular weight is 361 g/mol. The van der Waals surface area contributed by atoms with Gasteiger partial charge in [0.05, 0.1) is 6.04 Å². The number of fused-ring (bicyclic) bond motifs is 1. The van der Waals surface area contributed by atoms with E-state index in [4.69, 9.17) is 4.74 Å². The van der Waals surface area contributed by atoms with Crippen LogP contribution in [0, 0.1) is 6.92 Å². The molecule has 3 nitrogen and oxygen atoms in total. The van der Waals surface area contributed by atoms with Gasteiger partial charge in [-0.1, -0.05) is 80.1 Å². The minimum atomic E-state index is -0.518. The minimum absolute atomic E-state index is 0.0109. The lowest BCUT2D eigenvalue weighted by atomic mass is 10.0. The zero-order valence-electron chi connectivity index (χ0n) is 16.2. The molecule has 0 aliphatic rings. The summed E-state index contributed by atoms with van der Waals surface area (Å²) in [5.41, 5.74) is 2.34. The Kier molecular flexibility index (Phi) is 6.12. The Morgan fingerprint density at radius 2 is 1.63 bits per heavy atom. The Bertz CT molecular complexity index is 896. The molecule has 0 saturated heterocycles. The predicted molar refractivity (Wildman–Crippen MR) is 111 cm³/mol. The zero-order chi connectivity index (χ0) is 19.2. The maximum absolute atomic E-state index is 12.9. The van der Waals surface area contributed by atoms with Gasteiger partial charge in [-0.15, -0.1) is 0 Å². The van der Waals surface area contributed by atoms with Gasteiger partial charge in [0.2, 0.25) is 0 Å². The van der Waals surface area contributed by atoms with Crippen molar-refractivity contribution >= 4 is 16.7 Å². The molecule has 0 heterocycles. The summed E-state index contributed by atoms with van der Waals surface area (Å²) < 4.78 is 6.13. The summed E-state index contributed by atoms with van der Waals surface area (Å²) in [6, 6.07) is 22.3. The van der Waals surface area contributed by atoms with Crippen molar-refractivity contribution in [2.45, 2.75) is 45.8 Å². The second kappa shape index (κ2) is 8.72. The largest absolute Gasteiger partial charge is 0.480 e. The van der Waals surface area contributed by atoms with Crippen LogP contribution < -0.4 is 10.1 Å².